The fourth-order valence-electron chi connectivity index (χ4n) is 1.98. The second-order valence-electron chi connectivity index (χ2n) is 4.56. The first-order chi connectivity index (χ1) is 9.49. The van der Waals surface area contributed by atoms with Gasteiger partial charge in [0.15, 0.2) is 0 Å². The third-order valence-corrected chi connectivity index (χ3v) is 5.04. The maximum absolute atomic E-state index is 10.9. The Morgan fingerprint density at radius 1 is 1.40 bits per heavy atom. The standard InChI is InChI=1S/C14H15BrN2O2S/c1-9-11(4-3-5-12(9)17(18)19)8-16-10(2)13-6-7-14(15)20-13/h3-7,10,16H,8H2,1-2H3. The molecule has 1 aromatic heterocycles. The van der Waals surface area contributed by atoms with Crippen molar-refractivity contribution in [2.75, 3.05) is 0 Å². The number of nitrogens with zero attached hydrogens (tertiary/aromatic N) is 1. The van der Waals surface area contributed by atoms with Gasteiger partial charge in [-0.25, -0.2) is 0 Å². The summed E-state index contributed by atoms with van der Waals surface area (Å²) in [6, 6.07) is 9.51. The van der Waals surface area contributed by atoms with Crippen molar-refractivity contribution in [2.24, 2.45) is 0 Å². The van der Waals surface area contributed by atoms with Gasteiger partial charge in [0.2, 0.25) is 0 Å². The molecule has 0 aliphatic heterocycles. The summed E-state index contributed by atoms with van der Waals surface area (Å²) in [4.78, 5) is 11.8. The molecular weight excluding hydrogens is 340 g/mol. The summed E-state index contributed by atoms with van der Waals surface area (Å²) in [5, 5.41) is 14.3. The van der Waals surface area contributed by atoms with E-state index in [2.05, 4.69) is 34.2 Å². The van der Waals surface area contributed by atoms with Crippen molar-refractivity contribution in [1.82, 2.24) is 5.32 Å². The van der Waals surface area contributed by atoms with Crippen LogP contribution >= 0.6 is 27.3 Å². The topological polar surface area (TPSA) is 55.2 Å². The van der Waals surface area contributed by atoms with E-state index in [0.29, 0.717) is 6.54 Å². The largest absolute Gasteiger partial charge is 0.305 e. The van der Waals surface area contributed by atoms with Gasteiger partial charge >= 0.3 is 0 Å². The number of hydrogen-bond acceptors (Lipinski definition) is 4. The molecule has 4 nitrogen and oxygen atoms in total. The Kier molecular flexibility index (Phi) is 4.91. The number of nitrogens with one attached hydrogen (secondary N) is 1. The lowest BCUT2D eigenvalue weighted by atomic mass is 10.1. The molecule has 20 heavy (non-hydrogen) atoms. The predicted molar refractivity (Wildman–Crippen MR) is 85.1 cm³/mol. The van der Waals surface area contributed by atoms with Crippen LogP contribution in [0.4, 0.5) is 5.69 Å². The number of hydrogen-bond donors (Lipinski definition) is 1. The Bertz CT molecular complexity index is 627. The second kappa shape index (κ2) is 6.47. The molecule has 2 aromatic rings. The van der Waals surface area contributed by atoms with Crippen LogP contribution in [0.3, 0.4) is 0 Å². The van der Waals surface area contributed by atoms with E-state index >= 15 is 0 Å². The normalized spacial score (nSPS) is 12.3. The minimum atomic E-state index is -0.335. The fourth-order valence-corrected chi connectivity index (χ4v) is 3.43. The van der Waals surface area contributed by atoms with Crippen LogP contribution in [0, 0.1) is 17.0 Å². The summed E-state index contributed by atoms with van der Waals surface area (Å²) >= 11 is 5.14. The van der Waals surface area contributed by atoms with Crippen molar-refractivity contribution in [2.45, 2.75) is 26.4 Å². The molecule has 0 spiro atoms. The van der Waals surface area contributed by atoms with Crippen LogP contribution in [0.15, 0.2) is 34.1 Å². The highest BCUT2D eigenvalue weighted by atomic mass is 79.9. The summed E-state index contributed by atoms with van der Waals surface area (Å²) in [5.74, 6) is 0. The van der Waals surface area contributed by atoms with E-state index in [1.165, 1.54) is 4.88 Å². The number of thiophene rings is 1. The van der Waals surface area contributed by atoms with Crippen molar-refractivity contribution in [3.05, 3.63) is 60.2 Å². The zero-order valence-corrected chi connectivity index (χ0v) is 13.6. The summed E-state index contributed by atoms with van der Waals surface area (Å²) in [6.07, 6.45) is 0. The smallest absolute Gasteiger partial charge is 0.272 e. The van der Waals surface area contributed by atoms with E-state index in [1.54, 1.807) is 30.4 Å². The van der Waals surface area contributed by atoms with Crippen LogP contribution in [0.25, 0.3) is 0 Å². The van der Waals surface area contributed by atoms with Crippen molar-refractivity contribution < 1.29 is 4.92 Å². The molecule has 106 valence electrons. The van der Waals surface area contributed by atoms with Crippen LogP contribution in [0.5, 0.6) is 0 Å². The van der Waals surface area contributed by atoms with Crippen LogP contribution in [-0.4, -0.2) is 4.92 Å². The molecule has 2 rings (SSSR count). The van der Waals surface area contributed by atoms with Crippen LogP contribution in [0.1, 0.15) is 29.0 Å². The number of nitro benzene ring substituents is 1. The highest BCUT2D eigenvalue weighted by molar-refractivity contribution is 9.11. The molecule has 1 aromatic carbocycles. The van der Waals surface area contributed by atoms with Crippen molar-refractivity contribution in [3.8, 4) is 0 Å². The average Bonchev–Trinajstić information content (AvgIpc) is 2.83. The van der Waals surface area contributed by atoms with Gasteiger partial charge < -0.3 is 5.32 Å². The van der Waals surface area contributed by atoms with Crippen molar-refractivity contribution in [3.63, 3.8) is 0 Å². The van der Waals surface area contributed by atoms with Gasteiger partial charge in [-0.2, -0.15) is 0 Å². The zero-order chi connectivity index (χ0) is 14.7. The van der Waals surface area contributed by atoms with Crippen LogP contribution < -0.4 is 5.32 Å². The third kappa shape index (κ3) is 3.45. The molecule has 0 saturated heterocycles. The molecule has 0 amide bonds. The maximum atomic E-state index is 10.9. The summed E-state index contributed by atoms with van der Waals surface area (Å²) < 4.78 is 1.10. The van der Waals surface area contributed by atoms with Gasteiger partial charge in [-0.05, 0) is 47.5 Å². The summed E-state index contributed by atoms with van der Waals surface area (Å²) in [7, 11) is 0. The van der Waals surface area contributed by atoms with E-state index in [1.807, 2.05) is 12.1 Å². The Balaban J connectivity index is 2.08. The van der Waals surface area contributed by atoms with Gasteiger partial charge in [0.25, 0.3) is 5.69 Å². The minimum absolute atomic E-state index is 0.177. The molecule has 6 heteroatoms. The summed E-state index contributed by atoms with van der Waals surface area (Å²) in [6.45, 7) is 4.50. The first-order valence-electron chi connectivity index (χ1n) is 6.20. The Labute approximate surface area is 130 Å². The Morgan fingerprint density at radius 3 is 2.75 bits per heavy atom. The monoisotopic (exact) mass is 354 g/mol. The van der Waals surface area contributed by atoms with Crippen LogP contribution in [-0.2, 0) is 6.54 Å². The van der Waals surface area contributed by atoms with E-state index in [4.69, 9.17) is 0 Å². The van der Waals surface area contributed by atoms with E-state index in [-0.39, 0.29) is 16.7 Å². The quantitative estimate of drug-likeness (QED) is 0.631. The summed E-state index contributed by atoms with van der Waals surface area (Å²) in [5.41, 5.74) is 1.86. The van der Waals surface area contributed by atoms with E-state index in [0.717, 1.165) is 14.9 Å². The number of halogens is 1. The lowest BCUT2D eigenvalue weighted by Gasteiger charge is -2.13. The van der Waals surface area contributed by atoms with Crippen molar-refractivity contribution in [1.29, 1.82) is 0 Å². The van der Waals surface area contributed by atoms with Crippen molar-refractivity contribution >= 4 is 33.0 Å². The average molecular weight is 355 g/mol. The van der Waals surface area contributed by atoms with E-state index in [9.17, 15) is 10.1 Å². The van der Waals surface area contributed by atoms with Gasteiger partial charge in [-0.15, -0.1) is 11.3 Å². The molecule has 1 N–H and O–H groups in total. The first-order valence-corrected chi connectivity index (χ1v) is 7.81. The second-order valence-corrected chi connectivity index (χ2v) is 7.06. The Morgan fingerprint density at radius 2 is 2.15 bits per heavy atom. The first kappa shape index (κ1) is 15.2. The van der Waals surface area contributed by atoms with Gasteiger partial charge in [-0.1, -0.05) is 12.1 Å². The van der Waals surface area contributed by atoms with E-state index < -0.39 is 0 Å². The maximum Gasteiger partial charge on any atom is 0.272 e. The number of rotatable bonds is 5. The molecule has 0 bridgehead atoms. The predicted octanol–water partition coefficient (Wildman–Crippen LogP) is 4.58. The molecule has 0 fully saturated rings. The zero-order valence-electron chi connectivity index (χ0n) is 11.2. The highest BCUT2D eigenvalue weighted by Gasteiger charge is 2.14. The molecule has 1 unspecified atom stereocenters. The van der Waals surface area contributed by atoms with Gasteiger partial charge in [-0.3, -0.25) is 10.1 Å². The molecule has 0 radical (unpaired) electrons. The van der Waals surface area contributed by atoms with Gasteiger partial charge in [0.05, 0.1) is 8.71 Å². The highest BCUT2D eigenvalue weighted by Crippen LogP contribution is 2.27. The molecular formula is C14H15BrN2O2S. The minimum Gasteiger partial charge on any atom is -0.305 e. The van der Waals surface area contributed by atoms with Gasteiger partial charge in [0, 0.05) is 29.1 Å². The molecule has 0 saturated carbocycles. The molecule has 1 heterocycles. The Hall–Kier alpha value is -1.24. The fraction of sp³-hybridized carbons (Fsp3) is 0.286. The molecule has 0 aliphatic rings. The number of benzene rings is 1. The van der Waals surface area contributed by atoms with Gasteiger partial charge in [0.1, 0.15) is 0 Å². The lowest BCUT2D eigenvalue weighted by molar-refractivity contribution is -0.385. The van der Waals surface area contributed by atoms with Crippen LogP contribution in [0.2, 0.25) is 0 Å². The molecule has 1 atom stereocenters. The number of nitro groups is 1. The SMILES string of the molecule is Cc1c(CNC(C)c2ccc(Br)s2)cccc1[N+](=O)[O-]. The third-order valence-electron chi connectivity index (χ3n) is 3.23. The molecule has 0 aliphatic carbocycles. The lowest BCUT2D eigenvalue weighted by Crippen LogP contribution is -2.18.